The molecule has 17 heavy (non-hydrogen) atoms. The van der Waals surface area contributed by atoms with E-state index in [1.165, 1.54) is 0 Å². The van der Waals surface area contributed by atoms with Gasteiger partial charge >= 0.3 is 0 Å². The standard InChI is InChI=1S/C13H13BrN2O/c1-9-4-3-5-11(6-9)15-13(17)12-7-10(14)8-16(12)2/h3-8H,1-2H3,(H,15,17). The smallest absolute Gasteiger partial charge is 0.272 e. The number of aryl methyl sites for hydroxylation is 2. The van der Waals surface area contributed by atoms with E-state index in [-0.39, 0.29) is 5.91 Å². The lowest BCUT2D eigenvalue weighted by Gasteiger charge is -2.06. The van der Waals surface area contributed by atoms with Crippen LogP contribution in [0.5, 0.6) is 0 Å². The number of halogens is 1. The van der Waals surface area contributed by atoms with E-state index < -0.39 is 0 Å². The molecule has 0 bridgehead atoms. The van der Waals surface area contributed by atoms with Gasteiger partial charge in [0.05, 0.1) is 0 Å². The second-order valence-electron chi connectivity index (χ2n) is 3.98. The first-order valence-electron chi connectivity index (χ1n) is 5.26. The van der Waals surface area contributed by atoms with E-state index in [2.05, 4.69) is 21.2 Å². The molecule has 0 radical (unpaired) electrons. The molecule has 1 aromatic carbocycles. The highest BCUT2D eigenvalue weighted by molar-refractivity contribution is 9.10. The number of carbonyl (C=O) groups excluding carboxylic acids is 1. The van der Waals surface area contributed by atoms with Crippen LogP contribution in [0.1, 0.15) is 16.1 Å². The van der Waals surface area contributed by atoms with Crippen LogP contribution >= 0.6 is 15.9 Å². The summed E-state index contributed by atoms with van der Waals surface area (Å²) >= 11 is 3.35. The predicted molar refractivity (Wildman–Crippen MR) is 72.2 cm³/mol. The van der Waals surface area contributed by atoms with Gasteiger partial charge in [0.15, 0.2) is 0 Å². The number of benzene rings is 1. The number of nitrogens with one attached hydrogen (secondary N) is 1. The highest BCUT2D eigenvalue weighted by Gasteiger charge is 2.10. The van der Waals surface area contributed by atoms with Gasteiger partial charge < -0.3 is 9.88 Å². The predicted octanol–water partition coefficient (Wildman–Crippen LogP) is 3.35. The van der Waals surface area contributed by atoms with Crippen LogP contribution in [0.15, 0.2) is 41.0 Å². The third-order valence-corrected chi connectivity index (χ3v) is 2.91. The van der Waals surface area contributed by atoms with Crippen molar-refractivity contribution in [1.29, 1.82) is 0 Å². The van der Waals surface area contributed by atoms with Gasteiger partial charge in [-0.15, -0.1) is 0 Å². The SMILES string of the molecule is Cc1cccc(NC(=O)c2cc(Br)cn2C)c1. The van der Waals surface area contributed by atoms with Gasteiger partial charge in [0.25, 0.3) is 5.91 Å². The summed E-state index contributed by atoms with van der Waals surface area (Å²) in [6.07, 6.45) is 1.85. The Kier molecular flexibility index (Phi) is 3.33. The van der Waals surface area contributed by atoms with Crippen LogP contribution in [-0.2, 0) is 7.05 Å². The number of hydrogen-bond acceptors (Lipinski definition) is 1. The molecule has 1 N–H and O–H groups in total. The molecule has 0 atom stereocenters. The number of hydrogen-bond donors (Lipinski definition) is 1. The van der Waals surface area contributed by atoms with Crippen molar-refractivity contribution in [1.82, 2.24) is 4.57 Å². The molecule has 0 fully saturated rings. The topological polar surface area (TPSA) is 34.0 Å². The zero-order valence-corrected chi connectivity index (χ0v) is 11.3. The van der Waals surface area contributed by atoms with E-state index in [9.17, 15) is 4.79 Å². The first-order chi connectivity index (χ1) is 8.06. The van der Waals surface area contributed by atoms with Crippen molar-refractivity contribution in [2.75, 3.05) is 5.32 Å². The third-order valence-electron chi connectivity index (χ3n) is 2.48. The highest BCUT2D eigenvalue weighted by atomic mass is 79.9. The van der Waals surface area contributed by atoms with Crippen LogP contribution in [0, 0.1) is 6.92 Å². The average molecular weight is 293 g/mol. The number of amides is 1. The number of rotatable bonds is 2. The Morgan fingerprint density at radius 2 is 2.12 bits per heavy atom. The van der Waals surface area contributed by atoms with Crippen molar-refractivity contribution in [3.05, 3.63) is 52.3 Å². The zero-order chi connectivity index (χ0) is 12.4. The minimum Gasteiger partial charge on any atom is -0.345 e. The van der Waals surface area contributed by atoms with Crippen LogP contribution < -0.4 is 5.32 Å². The molecule has 88 valence electrons. The van der Waals surface area contributed by atoms with E-state index in [1.54, 1.807) is 10.6 Å². The molecular formula is C13H13BrN2O. The van der Waals surface area contributed by atoms with Crippen LogP contribution in [0.4, 0.5) is 5.69 Å². The molecule has 0 unspecified atom stereocenters. The number of aromatic nitrogens is 1. The van der Waals surface area contributed by atoms with E-state index in [0.29, 0.717) is 5.69 Å². The van der Waals surface area contributed by atoms with Gasteiger partial charge in [-0.05, 0) is 46.6 Å². The minimum absolute atomic E-state index is 0.108. The molecule has 1 heterocycles. The summed E-state index contributed by atoms with van der Waals surface area (Å²) in [5.41, 5.74) is 2.56. The Balaban J connectivity index is 2.20. The van der Waals surface area contributed by atoms with Crippen molar-refractivity contribution < 1.29 is 4.79 Å². The average Bonchev–Trinajstić information content (AvgIpc) is 2.58. The minimum atomic E-state index is -0.108. The molecule has 0 saturated carbocycles. The maximum Gasteiger partial charge on any atom is 0.272 e. The lowest BCUT2D eigenvalue weighted by molar-refractivity contribution is 0.101. The maximum absolute atomic E-state index is 12.0. The van der Waals surface area contributed by atoms with Crippen molar-refractivity contribution in [2.45, 2.75) is 6.92 Å². The normalized spacial score (nSPS) is 10.3. The molecule has 3 nitrogen and oxygen atoms in total. The number of carbonyl (C=O) groups is 1. The lowest BCUT2D eigenvalue weighted by atomic mass is 10.2. The van der Waals surface area contributed by atoms with Gasteiger partial charge in [-0.3, -0.25) is 4.79 Å². The Bertz CT molecular complexity index is 560. The van der Waals surface area contributed by atoms with Crippen molar-refractivity contribution >= 4 is 27.5 Å². The van der Waals surface area contributed by atoms with Gasteiger partial charge in [-0.1, -0.05) is 12.1 Å². The fourth-order valence-electron chi connectivity index (χ4n) is 1.67. The molecule has 0 aliphatic rings. The third kappa shape index (κ3) is 2.77. The Hall–Kier alpha value is -1.55. The molecule has 2 aromatic rings. The van der Waals surface area contributed by atoms with Gasteiger partial charge in [-0.2, -0.15) is 0 Å². The van der Waals surface area contributed by atoms with Crippen LogP contribution in [0.2, 0.25) is 0 Å². The van der Waals surface area contributed by atoms with Crippen LogP contribution in [0.3, 0.4) is 0 Å². The van der Waals surface area contributed by atoms with Crippen molar-refractivity contribution in [3.8, 4) is 0 Å². The summed E-state index contributed by atoms with van der Waals surface area (Å²) in [4.78, 5) is 12.0. The summed E-state index contributed by atoms with van der Waals surface area (Å²) in [6.45, 7) is 1.99. The second kappa shape index (κ2) is 4.75. The van der Waals surface area contributed by atoms with E-state index in [4.69, 9.17) is 0 Å². The lowest BCUT2D eigenvalue weighted by Crippen LogP contribution is -2.15. The molecule has 1 amide bonds. The summed E-state index contributed by atoms with van der Waals surface area (Å²) in [5.74, 6) is -0.108. The van der Waals surface area contributed by atoms with E-state index in [1.807, 2.05) is 44.4 Å². The molecule has 0 aliphatic heterocycles. The number of anilines is 1. The van der Waals surface area contributed by atoms with Crippen LogP contribution in [0.25, 0.3) is 0 Å². The van der Waals surface area contributed by atoms with Gasteiger partial charge in [0.1, 0.15) is 5.69 Å². The van der Waals surface area contributed by atoms with E-state index in [0.717, 1.165) is 15.7 Å². The summed E-state index contributed by atoms with van der Waals surface area (Å²) in [7, 11) is 1.84. The summed E-state index contributed by atoms with van der Waals surface area (Å²) in [5, 5.41) is 2.87. The van der Waals surface area contributed by atoms with Crippen molar-refractivity contribution in [2.24, 2.45) is 7.05 Å². The Morgan fingerprint density at radius 3 is 2.71 bits per heavy atom. The summed E-state index contributed by atoms with van der Waals surface area (Å²) < 4.78 is 2.68. The molecule has 0 aliphatic carbocycles. The summed E-state index contributed by atoms with van der Waals surface area (Å²) in [6, 6.07) is 9.53. The van der Waals surface area contributed by atoms with Gasteiger partial charge in [0.2, 0.25) is 0 Å². The first-order valence-corrected chi connectivity index (χ1v) is 6.05. The largest absolute Gasteiger partial charge is 0.345 e. The molecule has 0 saturated heterocycles. The quantitative estimate of drug-likeness (QED) is 0.905. The number of nitrogens with zero attached hydrogens (tertiary/aromatic N) is 1. The molecule has 2 rings (SSSR count). The maximum atomic E-state index is 12.0. The Labute approximate surface area is 109 Å². The zero-order valence-electron chi connectivity index (χ0n) is 9.70. The molecule has 0 spiro atoms. The Morgan fingerprint density at radius 1 is 1.35 bits per heavy atom. The highest BCUT2D eigenvalue weighted by Crippen LogP contribution is 2.16. The molecular weight excluding hydrogens is 280 g/mol. The fraction of sp³-hybridized carbons (Fsp3) is 0.154. The molecule has 1 aromatic heterocycles. The first kappa shape index (κ1) is 11.9. The van der Waals surface area contributed by atoms with Crippen molar-refractivity contribution in [3.63, 3.8) is 0 Å². The second-order valence-corrected chi connectivity index (χ2v) is 4.89. The van der Waals surface area contributed by atoms with Crippen LogP contribution in [-0.4, -0.2) is 10.5 Å². The van der Waals surface area contributed by atoms with Gasteiger partial charge in [0, 0.05) is 23.4 Å². The molecule has 4 heteroatoms. The monoisotopic (exact) mass is 292 g/mol. The van der Waals surface area contributed by atoms with Gasteiger partial charge in [-0.25, -0.2) is 0 Å². The fourth-order valence-corrected chi connectivity index (χ4v) is 2.19. The van der Waals surface area contributed by atoms with E-state index >= 15 is 0 Å².